The molecule has 0 aromatic heterocycles. The summed E-state index contributed by atoms with van der Waals surface area (Å²) in [5, 5.41) is 3.41. The quantitative estimate of drug-likeness (QED) is 0.188. The first-order valence-electron chi connectivity index (χ1n) is 15.3. The molecule has 5 rings (SSSR count). The molecule has 1 aliphatic carbocycles. The molecule has 4 aromatic rings. The second-order valence-corrected chi connectivity index (χ2v) is 13.6. The SMILES string of the molecule is O=C(NC1CCCCC1)[C@@H](Cc1ccccc1)N(Cc1ccccc1)C(=O)CN(c1ccccc1Cl)S(=O)(=O)c1ccccc1. The minimum absolute atomic E-state index is 0.0307. The summed E-state index contributed by atoms with van der Waals surface area (Å²) in [7, 11) is -4.20. The molecule has 7 nitrogen and oxygen atoms in total. The van der Waals surface area contributed by atoms with E-state index in [2.05, 4.69) is 5.32 Å². The maximum atomic E-state index is 14.5. The average molecular weight is 644 g/mol. The van der Waals surface area contributed by atoms with Gasteiger partial charge in [-0.3, -0.25) is 13.9 Å². The summed E-state index contributed by atoms with van der Waals surface area (Å²) >= 11 is 6.54. The van der Waals surface area contributed by atoms with Crippen molar-refractivity contribution in [2.75, 3.05) is 10.8 Å². The largest absolute Gasteiger partial charge is 0.352 e. The molecule has 234 valence electrons. The fraction of sp³-hybridized carbons (Fsp3) is 0.278. The zero-order valence-electron chi connectivity index (χ0n) is 25.1. The lowest BCUT2D eigenvalue weighted by Crippen LogP contribution is -2.55. The van der Waals surface area contributed by atoms with Gasteiger partial charge in [-0.2, -0.15) is 0 Å². The molecule has 1 aliphatic rings. The number of nitrogens with one attached hydrogen (secondary N) is 1. The number of para-hydroxylation sites is 1. The average Bonchev–Trinajstić information content (AvgIpc) is 3.07. The lowest BCUT2D eigenvalue weighted by atomic mass is 9.94. The van der Waals surface area contributed by atoms with E-state index in [1.165, 1.54) is 17.0 Å². The van der Waals surface area contributed by atoms with Gasteiger partial charge in [0.2, 0.25) is 11.8 Å². The highest BCUT2D eigenvalue weighted by molar-refractivity contribution is 7.92. The van der Waals surface area contributed by atoms with Crippen molar-refractivity contribution in [3.8, 4) is 0 Å². The molecule has 1 saturated carbocycles. The molecule has 0 unspecified atom stereocenters. The normalized spacial score (nSPS) is 14.3. The number of halogens is 1. The van der Waals surface area contributed by atoms with E-state index in [4.69, 9.17) is 11.6 Å². The van der Waals surface area contributed by atoms with Crippen LogP contribution in [-0.4, -0.2) is 43.8 Å². The summed E-state index contributed by atoms with van der Waals surface area (Å²) in [6, 6.07) is 32.7. The predicted octanol–water partition coefficient (Wildman–Crippen LogP) is 6.62. The number of carbonyl (C=O) groups excluding carboxylic acids is 2. The molecule has 0 saturated heterocycles. The lowest BCUT2D eigenvalue weighted by molar-refractivity contribution is -0.140. The number of anilines is 1. The Balaban J connectivity index is 1.55. The third kappa shape index (κ3) is 8.32. The number of amides is 2. The molecule has 2 amide bonds. The minimum Gasteiger partial charge on any atom is -0.352 e. The summed E-state index contributed by atoms with van der Waals surface area (Å²) in [4.78, 5) is 30.2. The van der Waals surface area contributed by atoms with Crippen LogP contribution in [0, 0.1) is 0 Å². The van der Waals surface area contributed by atoms with Crippen molar-refractivity contribution in [3.63, 3.8) is 0 Å². The number of sulfonamides is 1. The Hall–Kier alpha value is -4.14. The third-order valence-corrected chi connectivity index (χ3v) is 10.2. The Bertz CT molecular complexity index is 1660. The first-order chi connectivity index (χ1) is 21.8. The van der Waals surface area contributed by atoms with Gasteiger partial charge in [-0.05, 0) is 48.2 Å². The summed E-state index contributed by atoms with van der Waals surface area (Å²) in [6.07, 6.45) is 5.30. The van der Waals surface area contributed by atoms with E-state index in [1.54, 1.807) is 42.5 Å². The number of benzene rings is 4. The van der Waals surface area contributed by atoms with Gasteiger partial charge in [0, 0.05) is 19.0 Å². The first kappa shape index (κ1) is 32.3. The Morgan fingerprint density at radius 2 is 1.31 bits per heavy atom. The lowest BCUT2D eigenvalue weighted by Gasteiger charge is -2.35. The molecule has 1 N–H and O–H groups in total. The van der Waals surface area contributed by atoms with E-state index in [0.717, 1.165) is 47.5 Å². The van der Waals surface area contributed by atoms with Gasteiger partial charge >= 0.3 is 0 Å². The Morgan fingerprint density at radius 3 is 1.93 bits per heavy atom. The molecule has 1 fully saturated rings. The van der Waals surface area contributed by atoms with Crippen molar-refractivity contribution in [2.45, 2.75) is 62.0 Å². The van der Waals surface area contributed by atoms with Gasteiger partial charge < -0.3 is 10.2 Å². The molecular formula is C36H38ClN3O4S. The van der Waals surface area contributed by atoms with Gasteiger partial charge in [0.05, 0.1) is 15.6 Å². The zero-order valence-corrected chi connectivity index (χ0v) is 26.7. The molecule has 0 heterocycles. The molecule has 0 radical (unpaired) electrons. The third-order valence-electron chi connectivity index (χ3n) is 8.15. The van der Waals surface area contributed by atoms with Gasteiger partial charge in [-0.25, -0.2) is 8.42 Å². The number of hydrogen-bond acceptors (Lipinski definition) is 4. The highest BCUT2D eigenvalue weighted by Gasteiger charge is 2.35. The molecule has 1 atom stereocenters. The summed E-state index contributed by atoms with van der Waals surface area (Å²) in [6.45, 7) is -0.424. The number of carbonyl (C=O) groups is 2. The van der Waals surface area contributed by atoms with Crippen molar-refractivity contribution in [2.24, 2.45) is 0 Å². The molecule has 4 aromatic carbocycles. The van der Waals surface area contributed by atoms with Crippen LogP contribution in [0.4, 0.5) is 5.69 Å². The standard InChI is InChI=1S/C36H38ClN3O4S/c37-32-23-13-14-24-33(32)40(45(43,44)31-21-11-4-12-22-31)27-35(41)39(26-29-17-7-2-8-18-29)34(25-28-15-5-1-6-16-28)36(42)38-30-19-9-3-10-20-30/h1-2,4-8,11-18,21-24,30,34H,3,9-10,19-20,25-27H2,(H,38,42)/t34-/m1/s1. The van der Waals surface area contributed by atoms with Crippen LogP contribution in [0.5, 0.6) is 0 Å². The van der Waals surface area contributed by atoms with Gasteiger partial charge in [0.25, 0.3) is 10.0 Å². The van der Waals surface area contributed by atoms with Crippen LogP contribution >= 0.6 is 11.6 Å². The highest BCUT2D eigenvalue weighted by atomic mass is 35.5. The number of rotatable bonds is 12. The molecular weight excluding hydrogens is 606 g/mol. The van der Waals surface area contributed by atoms with Gasteiger partial charge in [0.15, 0.2) is 0 Å². The van der Waals surface area contributed by atoms with Crippen molar-refractivity contribution < 1.29 is 18.0 Å². The summed E-state index contributed by atoms with van der Waals surface area (Å²) in [5.74, 6) is -0.761. The van der Waals surface area contributed by atoms with E-state index in [-0.39, 0.29) is 40.5 Å². The smallest absolute Gasteiger partial charge is 0.264 e. The van der Waals surface area contributed by atoms with Crippen molar-refractivity contribution in [3.05, 3.63) is 131 Å². The van der Waals surface area contributed by atoms with Crippen LogP contribution in [0.2, 0.25) is 5.02 Å². The maximum absolute atomic E-state index is 14.5. The monoisotopic (exact) mass is 643 g/mol. The van der Waals surface area contributed by atoms with Crippen LogP contribution in [0.25, 0.3) is 0 Å². The van der Waals surface area contributed by atoms with Crippen molar-refractivity contribution in [1.29, 1.82) is 0 Å². The Morgan fingerprint density at radius 1 is 0.756 bits per heavy atom. The fourth-order valence-electron chi connectivity index (χ4n) is 5.77. The zero-order chi connectivity index (χ0) is 31.6. The second-order valence-electron chi connectivity index (χ2n) is 11.3. The fourth-order valence-corrected chi connectivity index (χ4v) is 7.51. The minimum atomic E-state index is -4.20. The van der Waals surface area contributed by atoms with E-state index in [1.807, 2.05) is 60.7 Å². The first-order valence-corrected chi connectivity index (χ1v) is 17.1. The van der Waals surface area contributed by atoms with Crippen molar-refractivity contribution in [1.82, 2.24) is 10.2 Å². The van der Waals surface area contributed by atoms with Crippen LogP contribution in [-0.2, 0) is 32.6 Å². The summed E-state index contributed by atoms with van der Waals surface area (Å²) in [5.41, 5.74) is 1.90. The van der Waals surface area contributed by atoms with Gasteiger partial charge in [0.1, 0.15) is 12.6 Å². The molecule has 0 bridgehead atoms. The highest BCUT2D eigenvalue weighted by Crippen LogP contribution is 2.31. The number of hydrogen-bond donors (Lipinski definition) is 1. The van der Waals surface area contributed by atoms with Crippen LogP contribution in [0.15, 0.2) is 120 Å². The van der Waals surface area contributed by atoms with Gasteiger partial charge in [-0.1, -0.05) is 122 Å². The second kappa shape index (κ2) is 15.2. The van der Waals surface area contributed by atoms with Gasteiger partial charge in [-0.15, -0.1) is 0 Å². The van der Waals surface area contributed by atoms with E-state index >= 15 is 0 Å². The summed E-state index contributed by atoms with van der Waals surface area (Å²) < 4.78 is 29.2. The number of nitrogens with zero attached hydrogens (tertiary/aromatic N) is 2. The predicted molar refractivity (Wildman–Crippen MR) is 178 cm³/mol. The molecule has 0 spiro atoms. The van der Waals surface area contributed by atoms with E-state index in [0.29, 0.717) is 0 Å². The Labute approximate surface area is 270 Å². The van der Waals surface area contributed by atoms with Crippen LogP contribution in [0.1, 0.15) is 43.2 Å². The topological polar surface area (TPSA) is 86.8 Å². The van der Waals surface area contributed by atoms with E-state index in [9.17, 15) is 18.0 Å². The molecule has 0 aliphatic heterocycles. The Kier molecular flexibility index (Phi) is 10.9. The van der Waals surface area contributed by atoms with E-state index < -0.39 is 28.5 Å². The van der Waals surface area contributed by atoms with Crippen molar-refractivity contribution >= 4 is 39.1 Å². The molecule has 45 heavy (non-hydrogen) atoms. The maximum Gasteiger partial charge on any atom is 0.264 e. The molecule has 9 heteroatoms. The van der Waals surface area contributed by atoms with Crippen LogP contribution < -0.4 is 9.62 Å². The van der Waals surface area contributed by atoms with Crippen LogP contribution in [0.3, 0.4) is 0 Å².